The molecule has 0 saturated heterocycles. The molecule has 3 nitrogen and oxygen atoms in total. The number of Topliss-reactive ketones (excluding diaryl/α,β-unsaturated/α-hetero) is 1. The van der Waals surface area contributed by atoms with Crippen molar-refractivity contribution in [2.75, 3.05) is 6.54 Å². The van der Waals surface area contributed by atoms with Crippen molar-refractivity contribution in [1.29, 1.82) is 0 Å². The zero-order valence-electron chi connectivity index (χ0n) is 9.34. The van der Waals surface area contributed by atoms with Gasteiger partial charge in [0.2, 0.25) is 5.91 Å². The molecule has 0 fully saturated rings. The van der Waals surface area contributed by atoms with Crippen LogP contribution >= 0.6 is 0 Å². The van der Waals surface area contributed by atoms with E-state index in [-0.39, 0.29) is 11.7 Å². The van der Waals surface area contributed by atoms with Gasteiger partial charge >= 0.3 is 0 Å². The average molecular weight is 209 g/mol. The molecule has 1 rings (SSSR count). The van der Waals surface area contributed by atoms with Crippen LogP contribution in [0.2, 0.25) is 0 Å². The molecule has 1 aliphatic carbocycles. The summed E-state index contributed by atoms with van der Waals surface area (Å²) in [5, 5.41) is 2.83. The number of carbonyl (C=O) groups is 2. The van der Waals surface area contributed by atoms with Crippen molar-refractivity contribution < 1.29 is 9.59 Å². The zero-order valence-corrected chi connectivity index (χ0v) is 9.34. The molecule has 0 aromatic carbocycles. The van der Waals surface area contributed by atoms with Gasteiger partial charge in [-0.1, -0.05) is 11.6 Å². The van der Waals surface area contributed by atoms with Gasteiger partial charge in [0.05, 0.1) is 0 Å². The molecular formula is C12H19NO2. The highest BCUT2D eigenvalue weighted by atomic mass is 16.2. The topological polar surface area (TPSA) is 46.2 Å². The first-order valence-electron chi connectivity index (χ1n) is 5.62. The predicted molar refractivity (Wildman–Crippen MR) is 59.5 cm³/mol. The summed E-state index contributed by atoms with van der Waals surface area (Å²) in [4.78, 5) is 21.9. The van der Waals surface area contributed by atoms with Gasteiger partial charge in [0.25, 0.3) is 0 Å². The quantitative estimate of drug-likeness (QED) is 0.680. The third kappa shape index (κ3) is 5.35. The van der Waals surface area contributed by atoms with Crippen molar-refractivity contribution in [3.8, 4) is 0 Å². The predicted octanol–water partition coefficient (Wildman–Crippen LogP) is 1.97. The molecule has 0 heterocycles. The molecule has 0 spiro atoms. The fraction of sp³-hybridized carbons (Fsp3) is 0.667. The largest absolute Gasteiger partial charge is 0.356 e. The van der Waals surface area contributed by atoms with E-state index in [1.165, 1.54) is 31.8 Å². The summed E-state index contributed by atoms with van der Waals surface area (Å²) in [6.45, 7) is 2.22. The Morgan fingerprint density at radius 3 is 2.80 bits per heavy atom. The maximum Gasteiger partial charge on any atom is 0.220 e. The van der Waals surface area contributed by atoms with E-state index in [9.17, 15) is 9.59 Å². The van der Waals surface area contributed by atoms with E-state index in [2.05, 4.69) is 11.4 Å². The van der Waals surface area contributed by atoms with Gasteiger partial charge < -0.3 is 10.1 Å². The first-order valence-corrected chi connectivity index (χ1v) is 5.62. The SMILES string of the molecule is CC(=O)CCC(=O)NCCC1=CCCC1. The molecule has 1 amide bonds. The van der Waals surface area contributed by atoms with Gasteiger partial charge in [0.15, 0.2) is 0 Å². The summed E-state index contributed by atoms with van der Waals surface area (Å²) < 4.78 is 0. The van der Waals surface area contributed by atoms with E-state index >= 15 is 0 Å². The summed E-state index contributed by atoms with van der Waals surface area (Å²) in [6.07, 6.45) is 7.54. The lowest BCUT2D eigenvalue weighted by molar-refractivity contribution is -0.124. The smallest absolute Gasteiger partial charge is 0.220 e. The lowest BCUT2D eigenvalue weighted by atomic mass is 10.1. The Morgan fingerprint density at radius 1 is 1.40 bits per heavy atom. The van der Waals surface area contributed by atoms with E-state index in [0.717, 1.165) is 6.42 Å². The van der Waals surface area contributed by atoms with E-state index in [1.54, 1.807) is 0 Å². The first kappa shape index (κ1) is 12.0. The van der Waals surface area contributed by atoms with Gasteiger partial charge in [-0.05, 0) is 32.6 Å². The number of carbonyl (C=O) groups excluding carboxylic acids is 2. The van der Waals surface area contributed by atoms with Crippen LogP contribution in [0.4, 0.5) is 0 Å². The molecule has 0 aromatic heterocycles. The third-order valence-corrected chi connectivity index (χ3v) is 2.61. The van der Waals surface area contributed by atoms with E-state index in [1.807, 2.05) is 0 Å². The zero-order chi connectivity index (χ0) is 11.1. The van der Waals surface area contributed by atoms with E-state index in [4.69, 9.17) is 0 Å². The van der Waals surface area contributed by atoms with Crippen molar-refractivity contribution in [3.63, 3.8) is 0 Å². The Kier molecular flexibility index (Phi) is 5.08. The van der Waals surface area contributed by atoms with Crippen LogP contribution in [-0.2, 0) is 9.59 Å². The van der Waals surface area contributed by atoms with Crippen molar-refractivity contribution in [2.45, 2.75) is 45.4 Å². The molecule has 0 radical (unpaired) electrons. The molecule has 0 atom stereocenters. The molecule has 84 valence electrons. The fourth-order valence-electron chi connectivity index (χ4n) is 1.70. The normalized spacial score (nSPS) is 14.9. The Bertz CT molecular complexity index is 269. The van der Waals surface area contributed by atoms with Crippen molar-refractivity contribution in [1.82, 2.24) is 5.32 Å². The summed E-state index contributed by atoms with van der Waals surface area (Å²) in [7, 11) is 0. The number of nitrogens with one attached hydrogen (secondary N) is 1. The maximum atomic E-state index is 11.2. The Hall–Kier alpha value is -1.12. The second-order valence-electron chi connectivity index (χ2n) is 4.06. The van der Waals surface area contributed by atoms with Crippen LogP contribution < -0.4 is 5.32 Å². The van der Waals surface area contributed by atoms with E-state index in [0.29, 0.717) is 19.4 Å². The number of hydrogen-bond donors (Lipinski definition) is 1. The van der Waals surface area contributed by atoms with Gasteiger partial charge in [0.1, 0.15) is 5.78 Å². The summed E-state index contributed by atoms with van der Waals surface area (Å²) in [5.41, 5.74) is 1.46. The molecule has 1 aliphatic rings. The van der Waals surface area contributed by atoms with Crippen LogP contribution in [0, 0.1) is 0 Å². The van der Waals surface area contributed by atoms with Crippen molar-refractivity contribution in [3.05, 3.63) is 11.6 Å². The fourth-order valence-corrected chi connectivity index (χ4v) is 1.70. The van der Waals surface area contributed by atoms with Crippen LogP contribution in [0.15, 0.2) is 11.6 Å². The highest BCUT2D eigenvalue weighted by molar-refractivity contribution is 5.83. The molecule has 0 aliphatic heterocycles. The Balaban J connectivity index is 2.03. The number of ketones is 1. The van der Waals surface area contributed by atoms with Crippen LogP contribution in [0.5, 0.6) is 0 Å². The second kappa shape index (κ2) is 6.38. The number of rotatable bonds is 6. The third-order valence-electron chi connectivity index (χ3n) is 2.61. The second-order valence-corrected chi connectivity index (χ2v) is 4.06. The van der Waals surface area contributed by atoms with Gasteiger partial charge in [-0.3, -0.25) is 4.79 Å². The monoisotopic (exact) mass is 209 g/mol. The maximum absolute atomic E-state index is 11.2. The number of amides is 1. The lowest BCUT2D eigenvalue weighted by Gasteiger charge is -2.04. The van der Waals surface area contributed by atoms with Crippen molar-refractivity contribution in [2.24, 2.45) is 0 Å². The van der Waals surface area contributed by atoms with Gasteiger partial charge in [-0.15, -0.1) is 0 Å². The van der Waals surface area contributed by atoms with Crippen LogP contribution in [0.25, 0.3) is 0 Å². The highest BCUT2D eigenvalue weighted by Gasteiger charge is 2.06. The number of hydrogen-bond acceptors (Lipinski definition) is 2. The standard InChI is InChI=1S/C12H19NO2/c1-10(14)6-7-12(15)13-9-8-11-4-2-3-5-11/h4H,2-3,5-9H2,1H3,(H,13,15). The molecule has 3 heteroatoms. The minimum absolute atomic E-state index is 0.0104. The highest BCUT2D eigenvalue weighted by Crippen LogP contribution is 2.19. The van der Waals surface area contributed by atoms with Crippen LogP contribution in [0.1, 0.15) is 45.4 Å². The van der Waals surface area contributed by atoms with Crippen LogP contribution in [0.3, 0.4) is 0 Å². The Morgan fingerprint density at radius 2 is 2.20 bits per heavy atom. The molecule has 0 bridgehead atoms. The molecular weight excluding hydrogens is 190 g/mol. The van der Waals surface area contributed by atoms with Gasteiger partial charge in [-0.2, -0.15) is 0 Å². The minimum Gasteiger partial charge on any atom is -0.356 e. The lowest BCUT2D eigenvalue weighted by Crippen LogP contribution is -2.24. The average Bonchev–Trinajstić information content (AvgIpc) is 2.67. The van der Waals surface area contributed by atoms with Gasteiger partial charge in [-0.25, -0.2) is 0 Å². The molecule has 0 unspecified atom stereocenters. The minimum atomic E-state index is -0.0104. The summed E-state index contributed by atoms with van der Waals surface area (Å²) >= 11 is 0. The van der Waals surface area contributed by atoms with E-state index < -0.39 is 0 Å². The molecule has 0 aromatic rings. The van der Waals surface area contributed by atoms with Gasteiger partial charge in [0, 0.05) is 19.4 Å². The molecule has 15 heavy (non-hydrogen) atoms. The van der Waals surface area contributed by atoms with Crippen LogP contribution in [-0.4, -0.2) is 18.2 Å². The van der Waals surface area contributed by atoms with Crippen molar-refractivity contribution >= 4 is 11.7 Å². The number of allylic oxidation sites excluding steroid dienone is 1. The summed E-state index contributed by atoms with van der Waals surface area (Å²) in [6, 6.07) is 0. The summed E-state index contributed by atoms with van der Waals surface area (Å²) in [5.74, 6) is 0.0625. The molecule has 0 saturated carbocycles. The first-order chi connectivity index (χ1) is 7.18. The Labute approximate surface area is 90.9 Å². The molecule has 1 N–H and O–H groups in total.